The van der Waals surface area contributed by atoms with E-state index >= 15 is 0 Å². The van der Waals surface area contributed by atoms with Crippen molar-refractivity contribution in [3.8, 4) is 6.07 Å². The van der Waals surface area contributed by atoms with Crippen LogP contribution in [-0.4, -0.2) is 29.6 Å². The first-order valence-electron chi connectivity index (χ1n) is 8.59. The molecule has 1 N–H and O–H groups in total. The standard InChI is InChI=1S/C21H26N2O/c1-3-13-23(15-17(2)19-7-5-4-6-8-19)16-21(24)20-11-9-18(14-22)10-12-20/h4-12,17,21,24H,3,13,15-16H2,1-2H3/t17-,21?/m0/s1. The number of benzene rings is 2. The van der Waals surface area contributed by atoms with Crippen LogP contribution in [0.5, 0.6) is 0 Å². The molecule has 0 aliphatic carbocycles. The Hall–Kier alpha value is -2.15. The molecule has 3 nitrogen and oxygen atoms in total. The fourth-order valence-corrected chi connectivity index (χ4v) is 2.98. The summed E-state index contributed by atoms with van der Waals surface area (Å²) in [6, 6.07) is 19.8. The molecule has 0 aliphatic heterocycles. The summed E-state index contributed by atoms with van der Waals surface area (Å²) >= 11 is 0. The Labute approximate surface area is 145 Å². The maximum Gasteiger partial charge on any atom is 0.0991 e. The second kappa shape index (κ2) is 9.22. The SMILES string of the molecule is CCCN(CC(O)c1ccc(C#N)cc1)C[C@H](C)c1ccccc1. The molecule has 2 atom stereocenters. The van der Waals surface area contributed by atoms with Crippen molar-refractivity contribution in [1.29, 1.82) is 5.26 Å². The Kier molecular flexibility index (Phi) is 6.99. The molecule has 2 aromatic rings. The van der Waals surface area contributed by atoms with Gasteiger partial charge >= 0.3 is 0 Å². The molecule has 0 aromatic heterocycles. The van der Waals surface area contributed by atoms with Gasteiger partial charge in [0.1, 0.15) is 0 Å². The lowest BCUT2D eigenvalue weighted by atomic mass is 10.00. The van der Waals surface area contributed by atoms with Crippen molar-refractivity contribution in [3.05, 3.63) is 71.3 Å². The van der Waals surface area contributed by atoms with Crippen LogP contribution in [0.4, 0.5) is 0 Å². The van der Waals surface area contributed by atoms with Gasteiger partial charge in [-0.1, -0.05) is 56.3 Å². The predicted octanol–water partition coefficient (Wildman–Crippen LogP) is 4.11. The van der Waals surface area contributed by atoms with Crippen LogP contribution < -0.4 is 0 Å². The van der Waals surface area contributed by atoms with Gasteiger partial charge in [-0.2, -0.15) is 5.26 Å². The zero-order valence-corrected chi connectivity index (χ0v) is 14.5. The molecule has 0 heterocycles. The fourth-order valence-electron chi connectivity index (χ4n) is 2.98. The van der Waals surface area contributed by atoms with Gasteiger partial charge in [0.05, 0.1) is 17.7 Å². The zero-order chi connectivity index (χ0) is 17.4. The smallest absolute Gasteiger partial charge is 0.0991 e. The summed E-state index contributed by atoms with van der Waals surface area (Å²) in [5.41, 5.74) is 2.81. The molecule has 0 radical (unpaired) electrons. The fraction of sp³-hybridized carbons (Fsp3) is 0.381. The molecule has 0 fully saturated rings. The lowest BCUT2D eigenvalue weighted by Crippen LogP contribution is -2.32. The van der Waals surface area contributed by atoms with E-state index in [1.807, 2.05) is 18.2 Å². The summed E-state index contributed by atoms with van der Waals surface area (Å²) in [5, 5.41) is 19.4. The van der Waals surface area contributed by atoms with Gasteiger partial charge in [-0.3, -0.25) is 4.90 Å². The van der Waals surface area contributed by atoms with E-state index < -0.39 is 6.10 Å². The van der Waals surface area contributed by atoms with Crippen LogP contribution in [0.25, 0.3) is 0 Å². The van der Waals surface area contributed by atoms with Gasteiger partial charge in [0.2, 0.25) is 0 Å². The van der Waals surface area contributed by atoms with Crippen molar-refractivity contribution in [3.63, 3.8) is 0 Å². The van der Waals surface area contributed by atoms with Crippen LogP contribution >= 0.6 is 0 Å². The maximum atomic E-state index is 10.5. The quantitative estimate of drug-likeness (QED) is 0.795. The first-order valence-corrected chi connectivity index (χ1v) is 8.59. The third-order valence-electron chi connectivity index (χ3n) is 4.30. The highest BCUT2D eigenvalue weighted by molar-refractivity contribution is 5.32. The first kappa shape index (κ1) is 18.2. The van der Waals surface area contributed by atoms with Gasteiger partial charge in [-0.25, -0.2) is 0 Å². The molecule has 0 bridgehead atoms. The predicted molar refractivity (Wildman–Crippen MR) is 97.7 cm³/mol. The van der Waals surface area contributed by atoms with E-state index in [2.05, 4.69) is 49.1 Å². The van der Waals surface area contributed by atoms with Crippen molar-refractivity contribution in [2.45, 2.75) is 32.3 Å². The number of rotatable bonds is 8. The van der Waals surface area contributed by atoms with Crippen molar-refractivity contribution in [1.82, 2.24) is 4.90 Å². The molecule has 0 saturated carbocycles. The average Bonchev–Trinajstić information content (AvgIpc) is 2.62. The molecule has 2 aromatic carbocycles. The first-order chi connectivity index (χ1) is 11.6. The minimum Gasteiger partial charge on any atom is -0.387 e. The van der Waals surface area contributed by atoms with E-state index in [1.165, 1.54) is 5.56 Å². The third kappa shape index (κ3) is 5.19. The highest BCUT2D eigenvalue weighted by Crippen LogP contribution is 2.20. The second-order valence-corrected chi connectivity index (χ2v) is 6.32. The summed E-state index contributed by atoms with van der Waals surface area (Å²) in [5.74, 6) is 0.422. The highest BCUT2D eigenvalue weighted by atomic mass is 16.3. The van der Waals surface area contributed by atoms with Gasteiger partial charge in [0.25, 0.3) is 0 Å². The van der Waals surface area contributed by atoms with Crippen LogP contribution in [0.3, 0.4) is 0 Å². The molecule has 2 rings (SSSR count). The zero-order valence-electron chi connectivity index (χ0n) is 14.5. The number of hydrogen-bond donors (Lipinski definition) is 1. The molecule has 126 valence electrons. The van der Waals surface area contributed by atoms with E-state index in [-0.39, 0.29) is 0 Å². The molecule has 0 aliphatic rings. The maximum absolute atomic E-state index is 10.5. The van der Waals surface area contributed by atoms with Crippen molar-refractivity contribution in [2.75, 3.05) is 19.6 Å². The number of aliphatic hydroxyl groups excluding tert-OH is 1. The van der Waals surface area contributed by atoms with Crippen LogP contribution in [0.1, 0.15) is 49.0 Å². The Morgan fingerprint density at radius 3 is 2.25 bits per heavy atom. The summed E-state index contributed by atoms with van der Waals surface area (Å²) in [7, 11) is 0. The Morgan fingerprint density at radius 1 is 1.00 bits per heavy atom. The van der Waals surface area contributed by atoms with E-state index in [0.717, 1.165) is 25.1 Å². The summed E-state index contributed by atoms with van der Waals surface area (Å²) in [6.07, 6.45) is 0.522. The normalized spacial score (nSPS) is 13.5. The molecular formula is C21H26N2O. The van der Waals surface area contributed by atoms with E-state index in [1.54, 1.807) is 12.1 Å². The van der Waals surface area contributed by atoms with Crippen LogP contribution in [0.2, 0.25) is 0 Å². The van der Waals surface area contributed by atoms with Crippen LogP contribution in [0, 0.1) is 11.3 Å². The molecule has 0 saturated heterocycles. The Bertz CT molecular complexity index is 646. The lowest BCUT2D eigenvalue weighted by molar-refractivity contribution is 0.110. The highest BCUT2D eigenvalue weighted by Gasteiger charge is 2.16. The van der Waals surface area contributed by atoms with Crippen LogP contribution in [0.15, 0.2) is 54.6 Å². The molecule has 0 spiro atoms. The van der Waals surface area contributed by atoms with Crippen LogP contribution in [-0.2, 0) is 0 Å². The largest absolute Gasteiger partial charge is 0.387 e. The molecular weight excluding hydrogens is 296 g/mol. The number of aliphatic hydroxyl groups is 1. The van der Waals surface area contributed by atoms with Crippen molar-refractivity contribution in [2.24, 2.45) is 0 Å². The minimum atomic E-state index is -0.535. The van der Waals surface area contributed by atoms with Gasteiger partial charge < -0.3 is 5.11 Å². The average molecular weight is 322 g/mol. The molecule has 0 amide bonds. The number of nitriles is 1. The van der Waals surface area contributed by atoms with E-state index in [0.29, 0.717) is 18.0 Å². The Morgan fingerprint density at radius 2 is 1.67 bits per heavy atom. The summed E-state index contributed by atoms with van der Waals surface area (Å²) in [4.78, 5) is 2.32. The molecule has 24 heavy (non-hydrogen) atoms. The summed E-state index contributed by atoms with van der Waals surface area (Å²) in [6.45, 7) is 6.88. The molecule has 3 heteroatoms. The minimum absolute atomic E-state index is 0.422. The van der Waals surface area contributed by atoms with E-state index in [4.69, 9.17) is 5.26 Å². The monoisotopic (exact) mass is 322 g/mol. The number of hydrogen-bond acceptors (Lipinski definition) is 3. The number of nitrogens with zero attached hydrogens (tertiary/aromatic N) is 2. The third-order valence-corrected chi connectivity index (χ3v) is 4.30. The molecule has 1 unspecified atom stereocenters. The second-order valence-electron chi connectivity index (χ2n) is 6.32. The van der Waals surface area contributed by atoms with Gasteiger partial charge in [-0.05, 0) is 42.1 Å². The van der Waals surface area contributed by atoms with Gasteiger partial charge in [-0.15, -0.1) is 0 Å². The Balaban J connectivity index is 2.00. The van der Waals surface area contributed by atoms with Gasteiger partial charge in [0.15, 0.2) is 0 Å². The van der Waals surface area contributed by atoms with E-state index in [9.17, 15) is 5.11 Å². The summed E-state index contributed by atoms with van der Waals surface area (Å²) < 4.78 is 0. The van der Waals surface area contributed by atoms with Crippen molar-refractivity contribution < 1.29 is 5.11 Å². The van der Waals surface area contributed by atoms with Crippen molar-refractivity contribution >= 4 is 0 Å². The topological polar surface area (TPSA) is 47.3 Å². The van der Waals surface area contributed by atoms with Gasteiger partial charge in [0, 0.05) is 13.1 Å². The lowest BCUT2D eigenvalue weighted by Gasteiger charge is -2.28.